The average molecular weight is 480 g/mol. The van der Waals surface area contributed by atoms with Crippen LogP contribution in [0.2, 0.25) is 5.02 Å². The third-order valence-electron chi connectivity index (χ3n) is 5.41. The molecule has 1 aromatic heterocycles. The maximum atomic E-state index is 13.6. The zero-order valence-corrected chi connectivity index (χ0v) is 19.1. The van der Waals surface area contributed by atoms with Crippen LogP contribution in [0.3, 0.4) is 0 Å². The number of rotatable bonds is 4. The Morgan fingerprint density at radius 1 is 1.09 bits per heavy atom. The van der Waals surface area contributed by atoms with Gasteiger partial charge >= 0.3 is 0 Å². The van der Waals surface area contributed by atoms with Crippen LogP contribution >= 0.6 is 23.4 Å². The number of aryl methyl sites for hydroxylation is 1. The third kappa shape index (κ3) is 4.31. The summed E-state index contributed by atoms with van der Waals surface area (Å²) in [7, 11) is 0. The predicted molar refractivity (Wildman–Crippen MR) is 128 cm³/mol. The highest BCUT2D eigenvalue weighted by Crippen LogP contribution is 2.39. The summed E-state index contributed by atoms with van der Waals surface area (Å²) in [6.45, 7) is 1.90. The summed E-state index contributed by atoms with van der Waals surface area (Å²) in [5.41, 5.74) is 6.58. The highest BCUT2D eigenvalue weighted by Gasteiger charge is 2.38. The normalized spacial score (nSPS) is 17.2. The molecule has 0 unspecified atom stereocenters. The molecular weight excluding hydrogens is 461 g/mol. The van der Waals surface area contributed by atoms with Crippen LogP contribution in [-0.4, -0.2) is 26.0 Å². The molecule has 2 heterocycles. The van der Waals surface area contributed by atoms with Gasteiger partial charge < -0.3 is 10.7 Å². The van der Waals surface area contributed by atoms with E-state index in [1.165, 1.54) is 23.9 Å². The van der Waals surface area contributed by atoms with Crippen LogP contribution in [0.15, 0.2) is 78.0 Å². The van der Waals surface area contributed by atoms with Crippen molar-refractivity contribution in [1.82, 2.24) is 14.9 Å². The molecule has 33 heavy (non-hydrogen) atoms. The van der Waals surface area contributed by atoms with Crippen LogP contribution in [0.4, 0.5) is 10.1 Å². The van der Waals surface area contributed by atoms with Gasteiger partial charge in [-0.25, -0.2) is 9.07 Å². The van der Waals surface area contributed by atoms with Crippen molar-refractivity contribution in [3.8, 4) is 11.4 Å². The lowest BCUT2D eigenvalue weighted by Crippen LogP contribution is -2.41. The number of carbonyl (C=O) groups is 1. The Hall–Kier alpha value is -3.36. The zero-order chi connectivity index (χ0) is 22.9. The second-order valence-electron chi connectivity index (χ2n) is 7.65. The van der Waals surface area contributed by atoms with E-state index in [0.29, 0.717) is 21.7 Å². The van der Waals surface area contributed by atoms with Gasteiger partial charge in [0.25, 0.3) is 0 Å². The minimum absolute atomic E-state index is 0.220. The fraction of sp³-hybridized carbons (Fsp3) is 0.125. The smallest absolute Gasteiger partial charge is 0.240 e. The first-order valence-electron chi connectivity index (χ1n) is 10.3. The number of nitrogens with zero attached hydrogens (tertiary/aromatic N) is 3. The maximum Gasteiger partial charge on any atom is 0.240 e. The molecule has 6 nitrogen and oxygen atoms in total. The lowest BCUT2D eigenvalue weighted by molar-refractivity contribution is -0.116. The van der Waals surface area contributed by atoms with E-state index in [-0.39, 0.29) is 11.7 Å². The summed E-state index contributed by atoms with van der Waals surface area (Å²) in [6.07, 6.45) is 0. The Balaban J connectivity index is 1.52. The van der Waals surface area contributed by atoms with E-state index in [9.17, 15) is 9.18 Å². The molecule has 0 fully saturated rings. The van der Waals surface area contributed by atoms with Gasteiger partial charge in [-0.3, -0.25) is 4.79 Å². The van der Waals surface area contributed by atoms with Crippen molar-refractivity contribution in [2.45, 2.75) is 23.4 Å². The van der Waals surface area contributed by atoms with Crippen molar-refractivity contribution in [3.63, 3.8) is 0 Å². The van der Waals surface area contributed by atoms with E-state index in [1.807, 2.05) is 43.3 Å². The molecule has 0 saturated carbocycles. The fourth-order valence-electron chi connectivity index (χ4n) is 3.68. The molecule has 3 aromatic carbocycles. The van der Waals surface area contributed by atoms with Gasteiger partial charge in [-0.05, 0) is 42.3 Å². The van der Waals surface area contributed by atoms with Gasteiger partial charge in [0, 0.05) is 16.3 Å². The number of hydrogen-bond donors (Lipinski definition) is 2. The predicted octanol–water partition coefficient (Wildman–Crippen LogP) is 5.44. The zero-order valence-electron chi connectivity index (χ0n) is 17.5. The number of halogens is 2. The largest absolute Gasteiger partial charge is 0.325 e. The van der Waals surface area contributed by atoms with Crippen molar-refractivity contribution in [2.24, 2.45) is 0 Å². The van der Waals surface area contributed by atoms with Crippen LogP contribution < -0.4 is 10.7 Å². The fourth-order valence-corrected chi connectivity index (χ4v) is 4.93. The highest BCUT2D eigenvalue weighted by molar-refractivity contribution is 8.00. The number of fused-ring (bicyclic) bond motifs is 1. The van der Waals surface area contributed by atoms with Gasteiger partial charge in [0.15, 0.2) is 5.82 Å². The van der Waals surface area contributed by atoms with Crippen molar-refractivity contribution in [2.75, 3.05) is 10.7 Å². The number of nitrogens with one attached hydrogen (secondary N) is 2. The number of benzene rings is 3. The van der Waals surface area contributed by atoms with Crippen LogP contribution in [-0.2, 0) is 4.79 Å². The van der Waals surface area contributed by atoms with Crippen molar-refractivity contribution < 1.29 is 9.18 Å². The molecule has 2 atom stereocenters. The van der Waals surface area contributed by atoms with E-state index < -0.39 is 11.3 Å². The van der Waals surface area contributed by atoms with Crippen LogP contribution in [0, 0.1) is 12.7 Å². The van der Waals surface area contributed by atoms with Crippen LogP contribution in [0.25, 0.3) is 11.4 Å². The molecule has 0 spiro atoms. The molecule has 2 N–H and O–H groups in total. The monoisotopic (exact) mass is 479 g/mol. The Kier molecular flexibility index (Phi) is 5.78. The molecule has 0 aliphatic carbocycles. The summed E-state index contributed by atoms with van der Waals surface area (Å²) in [5, 5.41) is 12.1. The topological polar surface area (TPSA) is 71.8 Å². The Labute approximate surface area is 199 Å². The van der Waals surface area contributed by atoms with Gasteiger partial charge in [0.1, 0.15) is 11.1 Å². The van der Waals surface area contributed by atoms with E-state index in [0.717, 1.165) is 16.7 Å². The second kappa shape index (κ2) is 8.88. The van der Waals surface area contributed by atoms with Crippen molar-refractivity contribution in [3.05, 3.63) is 94.8 Å². The van der Waals surface area contributed by atoms with Crippen LogP contribution in [0.1, 0.15) is 17.2 Å². The average Bonchev–Trinajstić information content (AvgIpc) is 3.25. The minimum Gasteiger partial charge on any atom is -0.325 e. The molecule has 4 aromatic rings. The van der Waals surface area contributed by atoms with E-state index in [1.54, 1.807) is 28.9 Å². The lowest BCUT2D eigenvalue weighted by Gasteiger charge is -2.33. The molecule has 0 saturated heterocycles. The first-order chi connectivity index (χ1) is 16.0. The number of hydrogen-bond acceptors (Lipinski definition) is 5. The summed E-state index contributed by atoms with van der Waals surface area (Å²) >= 11 is 7.43. The second-order valence-corrected chi connectivity index (χ2v) is 9.20. The molecule has 166 valence electrons. The highest BCUT2D eigenvalue weighted by atomic mass is 35.5. The van der Waals surface area contributed by atoms with Crippen LogP contribution in [0.5, 0.6) is 0 Å². The Morgan fingerprint density at radius 2 is 1.85 bits per heavy atom. The molecule has 0 bridgehead atoms. The van der Waals surface area contributed by atoms with Gasteiger partial charge in [0.05, 0.1) is 6.04 Å². The first-order valence-corrected chi connectivity index (χ1v) is 11.5. The maximum absolute atomic E-state index is 13.6. The number of anilines is 1. The minimum atomic E-state index is -0.589. The Morgan fingerprint density at radius 3 is 2.61 bits per heavy atom. The molecule has 1 aliphatic rings. The lowest BCUT2D eigenvalue weighted by atomic mass is 10.0. The number of amides is 1. The first kappa shape index (κ1) is 21.5. The van der Waals surface area contributed by atoms with Gasteiger partial charge in [-0.2, -0.15) is 0 Å². The molecule has 1 amide bonds. The quantitative estimate of drug-likeness (QED) is 0.407. The van der Waals surface area contributed by atoms with Crippen molar-refractivity contribution >= 4 is 35.0 Å². The van der Waals surface area contributed by atoms with Gasteiger partial charge in [-0.15, -0.1) is 10.2 Å². The molecule has 9 heteroatoms. The van der Waals surface area contributed by atoms with Gasteiger partial charge in [-0.1, -0.05) is 71.9 Å². The number of thioether (sulfide) groups is 1. The molecule has 5 rings (SSSR count). The van der Waals surface area contributed by atoms with E-state index in [4.69, 9.17) is 11.6 Å². The number of carbonyl (C=O) groups excluding carboxylic acids is 1. The van der Waals surface area contributed by atoms with E-state index in [2.05, 4.69) is 20.9 Å². The third-order valence-corrected chi connectivity index (χ3v) is 6.86. The standard InChI is InChI=1S/C24H19ClFN5OS/c1-14-7-10-17(25)13-19(14)27-23(32)21-20(15-8-11-18(26)12-9-15)30-31-22(28-29-24(31)33-21)16-5-3-2-4-6-16/h2-13,20-21,30H,1H3,(H,27,32)/t20-,21-/m1/s1. The Bertz CT molecular complexity index is 1310. The SMILES string of the molecule is Cc1ccc(Cl)cc1NC(=O)[C@@H]1Sc2nnc(-c3ccccc3)n2N[C@@H]1c1ccc(F)cc1. The molecule has 0 radical (unpaired) electrons. The summed E-state index contributed by atoms with van der Waals surface area (Å²) in [5.74, 6) is 0.0742. The number of aromatic nitrogens is 3. The van der Waals surface area contributed by atoms with E-state index >= 15 is 0 Å². The summed E-state index contributed by atoms with van der Waals surface area (Å²) < 4.78 is 15.4. The molecular formula is C24H19ClFN5OS. The van der Waals surface area contributed by atoms with Crippen molar-refractivity contribution in [1.29, 1.82) is 0 Å². The summed E-state index contributed by atoms with van der Waals surface area (Å²) in [6, 6.07) is 20.7. The summed E-state index contributed by atoms with van der Waals surface area (Å²) in [4.78, 5) is 13.4. The van der Waals surface area contributed by atoms with Gasteiger partial charge in [0.2, 0.25) is 11.1 Å². The molecule has 1 aliphatic heterocycles.